The van der Waals surface area contributed by atoms with E-state index in [1.807, 2.05) is 0 Å². The summed E-state index contributed by atoms with van der Waals surface area (Å²) < 4.78 is 0. The van der Waals surface area contributed by atoms with E-state index in [2.05, 4.69) is 160 Å². The van der Waals surface area contributed by atoms with Gasteiger partial charge < -0.3 is 15.0 Å². The van der Waals surface area contributed by atoms with Crippen LogP contribution in [0.25, 0.3) is 79.7 Å². The first-order valence-electron chi connectivity index (χ1n) is 30.4. The summed E-state index contributed by atoms with van der Waals surface area (Å²) in [6, 6.07) is 9.62. The van der Waals surface area contributed by atoms with Gasteiger partial charge in [0.05, 0.1) is 33.8 Å². The number of aryl methyl sites for hydroxylation is 4. The highest BCUT2D eigenvalue weighted by Crippen LogP contribution is 2.71. The molecule has 0 spiro atoms. The lowest BCUT2D eigenvalue weighted by molar-refractivity contribution is 0.0111. The summed E-state index contributed by atoms with van der Waals surface area (Å²) in [5, 5.41) is 0. The Kier molecular flexibility index (Phi) is 9.32. The van der Waals surface area contributed by atoms with Gasteiger partial charge in [-0.2, -0.15) is 0 Å². The minimum Gasteiger partial charge on any atom is -0.354 e. The van der Waals surface area contributed by atoms with Crippen molar-refractivity contribution in [1.82, 2.24) is 24.9 Å². The number of fused-ring (bicyclic) bond motifs is 11. The molecule has 4 aromatic heterocycles. The van der Waals surface area contributed by atoms with Crippen molar-refractivity contribution in [1.29, 1.82) is 0 Å². The predicted molar refractivity (Wildman–Crippen MR) is 321 cm³/mol. The smallest absolute Gasteiger partial charge is 0.0737 e. The average Bonchev–Trinajstić information content (AvgIpc) is 3.84. The minimum atomic E-state index is 0.310. The van der Waals surface area contributed by atoms with Crippen molar-refractivity contribution in [3.8, 4) is 22.3 Å². The molecule has 6 heterocycles. The zero-order valence-corrected chi connectivity index (χ0v) is 48.7. The van der Waals surface area contributed by atoms with E-state index in [1.54, 1.807) is 55.6 Å². The Morgan fingerprint density at radius 3 is 1.04 bits per heavy atom. The Balaban J connectivity index is 1.07. The Labute approximate surface area is 457 Å². The van der Waals surface area contributed by atoms with Crippen LogP contribution in [0.5, 0.6) is 0 Å². The molecule has 4 saturated carbocycles. The topological polar surface area (TPSA) is 73.2 Å². The molecule has 0 unspecified atom stereocenters. The fraction of sp³-hybridized carbons (Fsp3) is 0.500. The molecule has 394 valence electrons. The molecule has 5 heteroatoms. The number of hydrogen-bond donors (Lipinski definition) is 3. The first-order chi connectivity index (χ1) is 36.7. The molecular formula is C72H81N5. The quantitative estimate of drug-likeness (QED) is 0.164. The zero-order chi connectivity index (χ0) is 53.0. The highest BCUT2D eigenvalue weighted by atomic mass is 14.8. The number of nitrogens with zero attached hydrogens (tertiary/aromatic N) is 2. The summed E-state index contributed by atoms with van der Waals surface area (Å²) >= 11 is 0. The largest absolute Gasteiger partial charge is 0.354 e. The van der Waals surface area contributed by atoms with Gasteiger partial charge in [0.2, 0.25) is 0 Å². The van der Waals surface area contributed by atoms with Crippen LogP contribution < -0.4 is 0 Å². The van der Waals surface area contributed by atoms with E-state index in [0.29, 0.717) is 69.0 Å². The maximum Gasteiger partial charge on any atom is 0.0737 e. The summed E-state index contributed by atoms with van der Waals surface area (Å²) in [5.74, 6) is 5.12. The van der Waals surface area contributed by atoms with Gasteiger partial charge in [0.25, 0.3) is 0 Å². The van der Waals surface area contributed by atoms with Gasteiger partial charge in [0.15, 0.2) is 0 Å². The maximum absolute atomic E-state index is 5.82. The van der Waals surface area contributed by atoms with Crippen molar-refractivity contribution in [2.24, 2.45) is 45.3 Å². The van der Waals surface area contributed by atoms with Crippen LogP contribution in [0, 0.1) is 73.0 Å². The summed E-state index contributed by atoms with van der Waals surface area (Å²) in [6.45, 7) is 34.9. The molecule has 77 heavy (non-hydrogen) atoms. The summed E-state index contributed by atoms with van der Waals surface area (Å²) in [6.07, 6.45) is 21.1. The number of nitrogens with one attached hydrogen (secondary N) is 3. The average molecular weight is 1020 g/mol. The molecule has 4 fully saturated rings. The number of aromatic nitrogens is 5. The Morgan fingerprint density at radius 2 is 0.740 bits per heavy atom. The number of aromatic amines is 3. The van der Waals surface area contributed by atoms with Crippen LogP contribution >= 0.6 is 0 Å². The van der Waals surface area contributed by atoms with Crippen LogP contribution in [0.15, 0.2) is 24.3 Å². The van der Waals surface area contributed by atoms with Gasteiger partial charge in [-0.25, -0.2) is 9.97 Å². The molecule has 6 aromatic rings. The van der Waals surface area contributed by atoms with Crippen LogP contribution in [0.2, 0.25) is 0 Å². The van der Waals surface area contributed by atoms with E-state index in [4.69, 9.17) is 9.97 Å². The van der Waals surface area contributed by atoms with Gasteiger partial charge in [-0.1, -0.05) is 69.2 Å². The summed E-state index contributed by atoms with van der Waals surface area (Å²) in [4.78, 5) is 24.0. The molecule has 0 radical (unpaired) electrons. The maximum atomic E-state index is 5.82. The molecule has 14 aliphatic rings. The molecule has 8 atom stereocenters. The fourth-order valence-corrected chi connectivity index (χ4v) is 19.8. The van der Waals surface area contributed by atoms with Gasteiger partial charge in [-0.15, -0.1) is 0 Å². The zero-order valence-electron chi connectivity index (χ0n) is 48.7. The van der Waals surface area contributed by atoms with Crippen LogP contribution in [0.3, 0.4) is 0 Å². The van der Waals surface area contributed by atoms with Crippen molar-refractivity contribution in [2.45, 2.75) is 185 Å². The highest BCUT2D eigenvalue weighted by Gasteiger charge is 2.60. The number of hydrogen-bond acceptors (Lipinski definition) is 2. The lowest BCUT2D eigenvalue weighted by atomic mass is 9.43. The predicted octanol–water partition coefficient (Wildman–Crippen LogP) is 18.1. The van der Waals surface area contributed by atoms with Crippen molar-refractivity contribution < 1.29 is 0 Å². The number of H-pyrrole nitrogens is 3. The Hall–Kier alpha value is -5.68. The number of benzene rings is 2. The SMILES string of the molecule is CCc1c(C)c2[nH]c1cc1nc(c(-c3c4c(c(C)c5c3C[C@H]3C[C@@H]5C3(C)C)[C@@H]3C[C@H](C4)C3(C)C)c3ccc([nH]3)c(-c3c4c(c(C)c5c3C[C@H]3C[C@@H]5C3(C)C)[C@@H]3C[C@H](C4)C3(C)C)c3nc(cc4[nH]c2c(C)c4CC)C=C3)C=C1. The fourth-order valence-electron chi connectivity index (χ4n) is 19.8. The lowest BCUT2D eigenvalue weighted by Crippen LogP contribution is -2.51. The lowest BCUT2D eigenvalue weighted by Gasteiger charge is -2.61. The third-order valence-corrected chi connectivity index (χ3v) is 25.1. The molecule has 0 amide bonds. The molecular weight excluding hydrogens is 935 g/mol. The first-order valence-corrected chi connectivity index (χ1v) is 30.4. The van der Waals surface area contributed by atoms with Crippen molar-refractivity contribution >= 4 is 57.4 Å². The van der Waals surface area contributed by atoms with Gasteiger partial charge in [0, 0.05) is 33.2 Å². The van der Waals surface area contributed by atoms with Gasteiger partial charge in [0.1, 0.15) is 0 Å². The van der Waals surface area contributed by atoms with Gasteiger partial charge in [-0.3, -0.25) is 0 Å². The van der Waals surface area contributed by atoms with E-state index >= 15 is 0 Å². The molecule has 3 N–H and O–H groups in total. The normalized spacial score (nSPS) is 27.9. The number of rotatable bonds is 4. The van der Waals surface area contributed by atoms with Crippen LogP contribution in [0.4, 0.5) is 0 Å². The van der Waals surface area contributed by atoms with E-state index in [9.17, 15) is 0 Å². The van der Waals surface area contributed by atoms with E-state index in [0.717, 1.165) is 72.3 Å². The van der Waals surface area contributed by atoms with Crippen molar-refractivity contribution in [2.75, 3.05) is 0 Å². The first kappa shape index (κ1) is 47.3. The standard InChI is InChI=1S/C72H81N5/c1-15-43-33(3)67-68-34(4)44(16-2)58(77-68)32-42-18-20-54(74-42)66(64-47-25-39-29-51(71(39,11)12)61(47)36(6)62-48(64)26-40-30-52(62)72(40,13)14)56-22-21-55(75-56)65(53-19-17-41(73-53)31-57(43)76-67)63-45-23-37-27-49(69(37,7)8)59(45)35(5)60-46(63)24-38-28-50(60)70(38,9)10/h17-22,31-32,37-40,49-52,75-77H,15-16,23-30H2,1-14H3/t37-,38-,39-,40-,49-,50-,51-,52-/m0/s1. The molecule has 2 aromatic carbocycles. The van der Waals surface area contributed by atoms with E-state index < -0.39 is 0 Å². The molecule has 12 aliphatic carbocycles. The second kappa shape index (κ2) is 15.2. The van der Waals surface area contributed by atoms with Crippen LogP contribution in [-0.4, -0.2) is 24.9 Å². The molecule has 20 rings (SSSR count). The monoisotopic (exact) mass is 1020 g/mol. The summed E-state index contributed by atoms with van der Waals surface area (Å²) in [5.41, 5.74) is 40.1. The summed E-state index contributed by atoms with van der Waals surface area (Å²) in [7, 11) is 0. The van der Waals surface area contributed by atoms with Gasteiger partial charge >= 0.3 is 0 Å². The molecule has 2 aliphatic heterocycles. The van der Waals surface area contributed by atoms with Crippen molar-refractivity contribution in [3.63, 3.8) is 0 Å². The molecule has 18 bridgehead atoms. The second-order valence-corrected chi connectivity index (χ2v) is 29.2. The molecule has 5 nitrogen and oxygen atoms in total. The van der Waals surface area contributed by atoms with Crippen LogP contribution in [0.1, 0.15) is 219 Å². The Bertz CT molecular complexity index is 3640. The van der Waals surface area contributed by atoms with Gasteiger partial charge in [-0.05, 0) is 298 Å². The third kappa shape index (κ3) is 5.83. The van der Waals surface area contributed by atoms with Crippen molar-refractivity contribution in [3.05, 3.63) is 125 Å². The molecule has 0 saturated heterocycles. The second-order valence-electron chi connectivity index (χ2n) is 29.2. The third-order valence-electron chi connectivity index (χ3n) is 25.1. The Morgan fingerprint density at radius 1 is 0.416 bits per heavy atom. The van der Waals surface area contributed by atoms with Crippen LogP contribution in [-0.2, 0) is 38.5 Å². The minimum absolute atomic E-state index is 0.310. The van der Waals surface area contributed by atoms with E-state index in [1.165, 1.54) is 92.3 Å². The van der Waals surface area contributed by atoms with E-state index in [-0.39, 0.29) is 0 Å². The highest BCUT2D eigenvalue weighted by molar-refractivity contribution is 6.00.